The second-order valence-corrected chi connectivity index (χ2v) is 30.7. The normalized spacial score (nSPS) is 21.4. The summed E-state index contributed by atoms with van der Waals surface area (Å²) in [4.78, 5) is 13.0. The van der Waals surface area contributed by atoms with E-state index in [4.69, 9.17) is 0 Å². The zero-order valence-electron chi connectivity index (χ0n) is 52.9. The van der Waals surface area contributed by atoms with Crippen molar-refractivity contribution in [2.75, 3.05) is 14.7 Å². The summed E-state index contributed by atoms with van der Waals surface area (Å²) in [7, 11) is 0. The Morgan fingerprint density at radius 3 is 1.52 bits per heavy atom. The molecule has 85 heavy (non-hydrogen) atoms. The quantitative estimate of drug-likeness (QED) is 0.160. The van der Waals surface area contributed by atoms with Gasteiger partial charge < -0.3 is 14.7 Å². The van der Waals surface area contributed by atoms with Crippen molar-refractivity contribution in [3.63, 3.8) is 0 Å². The molecule has 4 nitrogen and oxygen atoms in total. The van der Waals surface area contributed by atoms with E-state index in [9.17, 15) is 0 Å². The molecule has 9 aromatic rings. The molecular formula is C80H83BN4. The van der Waals surface area contributed by atoms with Gasteiger partial charge in [0.15, 0.2) is 0 Å². The Hall–Kier alpha value is -7.63. The molecule has 8 aromatic carbocycles. The average molecular weight is 1110 g/mol. The first-order valence-corrected chi connectivity index (χ1v) is 31.8. The van der Waals surface area contributed by atoms with Crippen LogP contribution in [0, 0.1) is 0 Å². The third-order valence-electron chi connectivity index (χ3n) is 22.1. The maximum absolute atomic E-state index is 4.62. The molecule has 5 heteroatoms. The van der Waals surface area contributed by atoms with Gasteiger partial charge in [-0.1, -0.05) is 182 Å². The number of aromatic nitrogens is 1. The zero-order chi connectivity index (χ0) is 59.1. The standard InChI is InChI=1S/C80H83BN4/c1-74(2,3)53-27-30-66(58(41-53)50-23-17-15-18-24-50)83-68-32-29-56-45-64(68)81-65-47-62-61(77(10,11)37-38-78(62,12)60-48-69-63(46-57(60)52-33-39-82-40-34-52)79(13)35-21-22-36-80(79,14)85(56)69)49-70(65)84(72-44-55(76(7,8)9)43-71(83)73(72)81)67-31-28-54(75(4,5)6)42-59(67)51-25-19-16-20-26-51/h15-20,23-34,39-49H,21-22,35-38H2,1-14H3. The van der Waals surface area contributed by atoms with Gasteiger partial charge in [0.05, 0.1) is 16.9 Å². The van der Waals surface area contributed by atoms with Gasteiger partial charge in [0.25, 0.3) is 6.71 Å². The number of anilines is 8. The maximum atomic E-state index is 4.62. The van der Waals surface area contributed by atoms with Crippen molar-refractivity contribution in [3.05, 3.63) is 215 Å². The van der Waals surface area contributed by atoms with E-state index in [1.165, 1.54) is 147 Å². The minimum Gasteiger partial charge on any atom is -0.334 e. The number of benzene rings is 8. The molecule has 1 aromatic heterocycles. The first kappa shape index (κ1) is 54.1. The summed E-state index contributed by atoms with van der Waals surface area (Å²) in [6.07, 6.45) is 10.8. The van der Waals surface area contributed by atoms with Crippen molar-refractivity contribution in [3.8, 4) is 33.4 Å². The number of fused-ring (bicyclic) bond motifs is 7. The van der Waals surface area contributed by atoms with Crippen LogP contribution < -0.4 is 31.1 Å². The summed E-state index contributed by atoms with van der Waals surface area (Å²) in [5.74, 6) is 0. The molecule has 6 aliphatic rings. The lowest BCUT2D eigenvalue weighted by molar-refractivity contribution is 0.195. The van der Waals surface area contributed by atoms with E-state index in [0.717, 1.165) is 25.7 Å². The molecule has 6 bridgehead atoms. The number of rotatable bonds is 5. The van der Waals surface area contributed by atoms with Crippen LogP contribution in [0.5, 0.6) is 0 Å². The van der Waals surface area contributed by atoms with Crippen LogP contribution in [0.1, 0.15) is 174 Å². The third kappa shape index (κ3) is 7.82. The number of hydrogen-bond acceptors (Lipinski definition) is 4. The van der Waals surface area contributed by atoms with Gasteiger partial charge in [-0.05, 0) is 217 Å². The Bertz CT molecular complexity index is 4230. The van der Waals surface area contributed by atoms with Gasteiger partial charge in [0.2, 0.25) is 0 Å². The Morgan fingerprint density at radius 1 is 0.400 bits per heavy atom. The highest BCUT2D eigenvalue weighted by Gasteiger charge is 2.59. The predicted octanol–water partition coefficient (Wildman–Crippen LogP) is 19.5. The SMILES string of the molecule is CC(C)(C)c1ccc(N2c3ccc4cc3B3c5cc6c(cc5N(c5ccc(C(C)(C)C)cc5-c5ccccc5)c5cc(C(C)(C)C)cc2c53)C(C)(C)CCC6(C)c2cc3c(cc2-c2ccncc2)C2(C)CCCCC2(C)N43)c(-c2ccccc2)c1. The first-order chi connectivity index (χ1) is 40.4. The second kappa shape index (κ2) is 18.2. The molecule has 3 atom stereocenters. The molecule has 0 N–H and O–H groups in total. The van der Waals surface area contributed by atoms with Crippen LogP contribution in [0.4, 0.5) is 45.5 Å². The molecule has 0 radical (unpaired) electrons. The first-order valence-electron chi connectivity index (χ1n) is 31.8. The van der Waals surface area contributed by atoms with Crippen LogP contribution in [0.15, 0.2) is 176 Å². The summed E-state index contributed by atoms with van der Waals surface area (Å²) in [6.45, 7) is 34.2. The van der Waals surface area contributed by atoms with E-state index in [0.29, 0.717) is 0 Å². The highest BCUT2D eigenvalue weighted by atomic mass is 15.3. The molecule has 4 aliphatic heterocycles. The smallest absolute Gasteiger partial charge is 0.252 e. The highest BCUT2D eigenvalue weighted by molar-refractivity contribution is 7.00. The van der Waals surface area contributed by atoms with Gasteiger partial charge in [0.1, 0.15) is 0 Å². The lowest BCUT2D eigenvalue weighted by atomic mass is 9.33. The van der Waals surface area contributed by atoms with E-state index in [1.54, 1.807) is 0 Å². The molecule has 2 aliphatic carbocycles. The molecule has 0 saturated heterocycles. The van der Waals surface area contributed by atoms with Crippen LogP contribution in [0.2, 0.25) is 0 Å². The van der Waals surface area contributed by atoms with Crippen LogP contribution in [0.25, 0.3) is 33.4 Å². The van der Waals surface area contributed by atoms with Crippen molar-refractivity contribution in [2.45, 2.75) is 173 Å². The van der Waals surface area contributed by atoms with Crippen molar-refractivity contribution in [1.82, 2.24) is 4.98 Å². The Morgan fingerprint density at radius 2 is 0.929 bits per heavy atom. The molecule has 426 valence electrons. The summed E-state index contributed by atoms with van der Waals surface area (Å²) in [5.41, 5.74) is 30.6. The minimum atomic E-state index is -0.335. The van der Waals surface area contributed by atoms with Gasteiger partial charge in [-0.3, -0.25) is 4.98 Å². The van der Waals surface area contributed by atoms with E-state index in [1.807, 2.05) is 12.4 Å². The fraction of sp³-hybridized carbons (Fsp3) is 0.338. The molecule has 5 heterocycles. The average Bonchev–Trinajstić information content (AvgIpc) is 2.32. The minimum absolute atomic E-state index is 0.0573. The lowest BCUT2D eigenvalue weighted by Gasteiger charge is -2.51. The van der Waals surface area contributed by atoms with E-state index < -0.39 is 0 Å². The van der Waals surface area contributed by atoms with Crippen LogP contribution in [0.3, 0.4) is 0 Å². The van der Waals surface area contributed by atoms with Gasteiger partial charge in [-0.15, -0.1) is 0 Å². The van der Waals surface area contributed by atoms with Gasteiger partial charge in [0, 0.05) is 68.5 Å². The summed E-state index contributed by atoms with van der Waals surface area (Å²) in [5, 5.41) is 0. The second-order valence-electron chi connectivity index (χ2n) is 30.7. The molecular weight excluding hydrogens is 1030 g/mol. The molecule has 15 rings (SSSR count). The molecule has 1 fully saturated rings. The fourth-order valence-electron chi connectivity index (χ4n) is 16.8. The largest absolute Gasteiger partial charge is 0.334 e. The number of hydrogen-bond donors (Lipinski definition) is 0. The van der Waals surface area contributed by atoms with E-state index in [2.05, 4.69) is 280 Å². The van der Waals surface area contributed by atoms with E-state index >= 15 is 0 Å². The van der Waals surface area contributed by atoms with Crippen LogP contribution in [-0.4, -0.2) is 17.2 Å². The van der Waals surface area contributed by atoms with Gasteiger partial charge >= 0.3 is 0 Å². The van der Waals surface area contributed by atoms with Crippen molar-refractivity contribution < 1.29 is 0 Å². The lowest BCUT2D eigenvalue weighted by Crippen LogP contribution is -2.62. The molecule has 3 unspecified atom stereocenters. The number of pyridine rings is 1. The monoisotopic (exact) mass is 1110 g/mol. The van der Waals surface area contributed by atoms with Crippen molar-refractivity contribution >= 4 is 68.6 Å². The Labute approximate surface area is 507 Å². The maximum Gasteiger partial charge on any atom is 0.252 e. The third-order valence-corrected chi connectivity index (χ3v) is 22.1. The topological polar surface area (TPSA) is 22.6 Å². The summed E-state index contributed by atoms with van der Waals surface area (Å²) in [6, 6.07) is 65.6. The molecule has 0 spiro atoms. The molecule has 1 saturated carbocycles. The fourth-order valence-corrected chi connectivity index (χ4v) is 16.8. The molecule has 0 amide bonds. The van der Waals surface area contributed by atoms with Crippen molar-refractivity contribution in [2.24, 2.45) is 0 Å². The zero-order valence-corrected chi connectivity index (χ0v) is 52.9. The van der Waals surface area contributed by atoms with Gasteiger partial charge in [-0.25, -0.2) is 0 Å². The predicted molar refractivity (Wildman–Crippen MR) is 362 cm³/mol. The summed E-state index contributed by atoms with van der Waals surface area (Å²) < 4.78 is 0. The van der Waals surface area contributed by atoms with Crippen molar-refractivity contribution in [1.29, 1.82) is 0 Å². The Balaban J connectivity index is 1.14. The van der Waals surface area contributed by atoms with Gasteiger partial charge in [-0.2, -0.15) is 0 Å². The van der Waals surface area contributed by atoms with Crippen LogP contribution in [-0.2, 0) is 32.5 Å². The highest BCUT2D eigenvalue weighted by Crippen LogP contribution is 2.64. The summed E-state index contributed by atoms with van der Waals surface area (Å²) >= 11 is 0. The Kier molecular flexibility index (Phi) is 11.6. The van der Waals surface area contributed by atoms with E-state index in [-0.39, 0.29) is 44.7 Å². The number of nitrogens with zero attached hydrogens (tertiary/aromatic N) is 4. The van der Waals surface area contributed by atoms with Crippen LogP contribution >= 0.6 is 0 Å².